The topological polar surface area (TPSA) is 228 Å². The third-order valence-electron chi connectivity index (χ3n) is 6.02. The minimum absolute atomic E-state index is 0.714. The van der Waals surface area contributed by atoms with Crippen molar-refractivity contribution in [1.82, 2.24) is 0 Å². The fourth-order valence-corrected chi connectivity index (χ4v) is 3.92. The number of aliphatic hydroxyl groups is 9. The number of rotatable bonds is 5. The van der Waals surface area contributed by atoms with Crippen LogP contribution in [0.15, 0.2) is 0 Å². The second-order valence-electron chi connectivity index (χ2n) is 8.30. The highest BCUT2D eigenvalue weighted by molar-refractivity contribution is 4.95. The second-order valence-corrected chi connectivity index (χ2v) is 8.30. The summed E-state index contributed by atoms with van der Waals surface area (Å²) in [5.41, 5.74) is 0. The number of hydrogen-bond acceptors (Lipinski definition) is 14. The molecule has 3 heterocycles. The molecule has 0 saturated carbocycles. The minimum Gasteiger partial charge on any atom is -0.394 e. The first-order valence-corrected chi connectivity index (χ1v) is 10.3. The standard InChI is InChI=1S/C18H32O14/c1-4-7(20)10(23)12(25)17(29-4)31-14-8(21)5(2)28-16(27)15(14)32-18-13(26)11(24)9(22)6(3-19)30-18/h4-27H,3H2,1-2H3/t4-,5-,6+,7+,8-,9+,10+,11-,12-,13-,14+,15+,16+,17+,18+/m0/s1. The first-order valence-electron chi connectivity index (χ1n) is 10.3. The van der Waals surface area contributed by atoms with Crippen LogP contribution in [-0.2, 0) is 23.7 Å². The van der Waals surface area contributed by atoms with Gasteiger partial charge in [0.05, 0.1) is 18.8 Å². The SMILES string of the molecule is C[C@@H]1O[C@@H](O)[C@H](O[C@H]2O[C@H](CO)[C@@H](O)[C@H](O)[C@@H]2O)[C@H](O[C@H]2O[C@@H](C)[C@@H](O)[C@@H](O)[C@@H]2O)[C@H]1O. The Bertz CT molecular complexity index is 608. The van der Waals surface area contributed by atoms with Crippen LogP contribution in [0.4, 0.5) is 0 Å². The van der Waals surface area contributed by atoms with E-state index in [1.165, 1.54) is 13.8 Å². The van der Waals surface area contributed by atoms with E-state index >= 15 is 0 Å². The maximum Gasteiger partial charge on any atom is 0.187 e. The van der Waals surface area contributed by atoms with Crippen LogP contribution in [0.2, 0.25) is 0 Å². The summed E-state index contributed by atoms with van der Waals surface area (Å²) in [7, 11) is 0. The molecule has 0 radical (unpaired) electrons. The van der Waals surface area contributed by atoms with Crippen LogP contribution >= 0.6 is 0 Å². The van der Waals surface area contributed by atoms with Gasteiger partial charge in [-0.3, -0.25) is 0 Å². The zero-order chi connectivity index (χ0) is 23.9. The van der Waals surface area contributed by atoms with E-state index in [-0.39, 0.29) is 0 Å². The number of hydrogen-bond donors (Lipinski definition) is 9. The molecule has 0 amide bonds. The molecular weight excluding hydrogens is 440 g/mol. The third kappa shape index (κ3) is 4.94. The second kappa shape index (κ2) is 10.4. The van der Waals surface area contributed by atoms with Crippen molar-refractivity contribution in [2.75, 3.05) is 6.61 Å². The van der Waals surface area contributed by atoms with Crippen LogP contribution in [0.25, 0.3) is 0 Å². The molecule has 3 aliphatic heterocycles. The summed E-state index contributed by atoms with van der Waals surface area (Å²) in [4.78, 5) is 0. The third-order valence-corrected chi connectivity index (χ3v) is 6.02. The lowest BCUT2D eigenvalue weighted by Crippen LogP contribution is -2.66. The Labute approximate surface area is 183 Å². The predicted molar refractivity (Wildman–Crippen MR) is 98.4 cm³/mol. The molecular formula is C18H32O14. The quantitative estimate of drug-likeness (QED) is 0.182. The first kappa shape index (κ1) is 26.1. The van der Waals surface area contributed by atoms with Crippen LogP contribution in [-0.4, -0.2) is 145 Å². The highest BCUT2D eigenvalue weighted by Gasteiger charge is 2.52. The molecule has 3 saturated heterocycles. The zero-order valence-corrected chi connectivity index (χ0v) is 17.4. The van der Waals surface area contributed by atoms with Crippen molar-refractivity contribution < 1.29 is 69.6 Å². The summed E-state index contributed by atoms with van der Waals surface area (Å²) in [5, 5.41) is 90.4. The van der Waals surface area contributed by atoms with Gasteiger partial charge < -0.3 is 69.6 Å². The Morgan fingerprint density at radius 3 is 1.66 bits per heavy atom. The maximum atomic E-state index is 10.6. The van der Waals surface area contributed by atoms with E-state index in [1.54, 1.807) is 0 Å². The zero-order valence-electron chi connectivity index (χ0n) is 17.4. The lowest BCUT2D eigenvalue weighted by Gasteiger charge is -2.47. The van der Waals surface area contributed by atoms with Crippen molar-refractivity contribution in [3.05, 3.63) is 0 Å². The van der Waals surface area contributed by atoms with Gasteiger partial charge in [-0.2, -0.15) is 0 Å². The summed E-state index contributed by atoms with van der Waals surface area (Å²) in [6, 6.07) is 0. The van der Waals surface area contributed by atoms with Crippen LogP contribution in [0.5, 0.6) is 0 Å². The van der Waals surface area contributed by atoms with Gasteiger partial charge in [-0.05, 0) is 13.8 Å². The number of aliphatic hydroxyl groups excluding tert-OH is 9. The van der Waals surface area contributed by atoms with Gasteiger partial charge >= 0.3 is 0 Å². The van der Waals surface area contributed by atoms with E-state index in [1.807, 2.05) is 0 Å². The molecule has 188 valence electrons. The molecule has 3 rings (SSSR count). The predicted octanol–water partition coefficient (Wildman–Crippen LogP) is -5.52. The molecule has 9 N–H and O–H groups in total. The Kier molecular flexibility index (Phi) is 8.44. The Morgan fingerprint density at radius 2 is 1.06 bits per heavy atom. The van der Waals surface area contributed by atoms with Crippen molar-refractivity contribution in [2.24, 2.45) is 0 Å². The van der Waals surface area contributed by atoms with Gasteiger partial charge in [0, 0.05) is 0 Å². The molecule has 0 bridgehead atoms. The monoisotopic (exact) mass is 472 g/mol. The maximum absolute atomic E-state index is 10.6. The van der Waals surface area contributed by atoms with Crippen LogP contribution in [0.3, 0.4) is 0 Å². The van der Waals surface area contributed by atoms with Crippen LogP contribution in [0.1, 0.15) is 13.8 Å². The van der Waals surface area contributed by atoms with E-state index in [4.69, 9.17) is 23.7 Å². The van der Waals surface area contributed by atoms with Crippen molar-refractivity contribution >= 4 is 0 Å². The fraction of sp³-hybridized carbons (Fsp3) is 1.00. The van der Waals surface area contributed by atoms with E-state index in [0.29, 0.717) is 0 Å². The van der Waals surface area contributed by atoms with E-state index in [9.17, 15) is 46.0 Å². The lowest BCUT2D eigenvalue weighted by molar-refractivity contribution is -0.384. The van der Waals surface area contributed by atoms with Gasteiger partial charge in [0.25, 0.3) is 0 Å². The first-order chi connectivity index (χ1) is 15.0. The molecule has 0 aliphatic carbocycles. The molecule has 0 unspecified atom stereocenters. The van der Waals surface area contributed by atoms with Gasteiger partial charge in [-0.15, -0.1) is 0 Å². The van der Waals surface area contributed by atoms with Gasteiger partial charge in [0.15, 0.2) is 18.9 Å². The van der Waals surface area contributed by atoms with E-state index in [0.717, 1.165) is 0 Å². The Hall–Kier alpha value is -0.560. The van der Waals surface area contributed by atoms with Gasteiger partial charge in [0.2, 0.25) is 0 Å². The molecule has 3 aliphatic rings. The molecule has 0 aromatic rings. The molecule has 0 spiro atoms. The van der Waals surface area contributed by atoms with Crippen molar-refractivity contribution in [2.45, 2.75) is 106 Å². The van der Waals surface area contributed by atoms with E-state index in [2.05, 4.69) is 0 Å². The van der Waals surface area contributed by atoms with Crippen molar-refractivity contribution in [3.8, 4) is 0 Å². The number of ether oxygens (including phenoxy) is 5. The van der Waals surface area contributed by atoms with Gasteiger partial charge in [-0.1, -0.05) is 0 Å². The Balaban J connectivity index is 1.79. The van der Waals surface area contributed by atoms with E-state index < -0.39 is 98.7 Å². The average molecular weight is 472 g/mol. The lowest BCUT2D eigenvalue weighted by atomic mass is 9.96. The normalized spacial score (nSPS) is 55.0. The molecule has 0 aromatic heterocycles. The largest absolute Gasteiger partial charge is 0.394 e. The molecule has 14 nitrogen and oxygen atoms in total. The highest BCUT2D eigenvalue weighted by atomic mass is 16.8. The molecule has 0 aromatic carbocycles. The van der Waals surface area contributed by atoms with Crippen LogP contribution in [0, 0.1) is 0 Å². The molecule has 15 atom stereocenters. The summed E-state index contributed by atoms with van der Waals surface area (Å²) in [6.07, 6.45) is -22.6. The Morgan fingerprint density at radius 1 is 0.562 bits per heavy atom. The fourth-order valence-electron chi connectivity index (χ4n) is 3.92. The van der Waals surface area contributed by atoms with Crippen LogP contribution < -0.4 is 0 Å². The summed E-state index contributed by atoms with van der Waals surface area (Å²) in [6.45, 7) is 2.14. The molecule has 3 fully saturated rings. The highest BCUT2D eigenvalue weighted by Crippen LogP contribution is 2.32. The van der Waals surface area contributed by atoms with Gasteiger partial charge in [-0.25, -0.2) is 0 Å². The van der Waals surface area contributed by atoms with Crippen molar-refractivity contribution in [1.29, 1.82) is 0 Å². The van der Waals surface area contributed by atoms with Gasteiger partial charge in [0.1, 0.15) is 61.0 Å². The minimum atomic E-state index is -1.80. The smallest absolute Gasteiger partial charge is 0.187 e. The average Bonchev–Trinajstić information content (AvgIpc) is 2.76. The summed E-state index contributed by atoms with van der Waals surface area (Å²) < 4.78 is 27.0. The molecule has 14 heteroatoms. The molecule has 32 heavy (non-hydrogen) atoms. The van der Waals surface area contributed by atoms with Crippen molar-refractivity contribution in [3.63, 3.8) is 0 Å². The summed E-state index contributed by atoms with van der Waals surface area (Å²) >= 11 is 0. The summed E-state index contributed by atoms with van der Waals surface area (Å²) in [5.74, 6) is 0.